The van der Waals surface area contributed by atoms with E-state index in [9.17, 15) is 4.79 Å². The summed E-state index contributed by atoms with van der Waals surface area (Å²) in [5.41, 5.74) is 0. The van der Waals surface area contributed by atoms with Gasteiger partial charge in [-0.25, -0.2) is 0 Å². The average molecular weight is 253 g/mol. The zero-order valence-electron chi connectivity index (χ0n) is 10.4. The highest BCUT2D eigenvalue weighted by Crippen LogP contribution is 2.13. The molecular formula is C12H19N3O3. The van der Waals surface area contributed by atoms with Crippen molar-refractivity contribution in [3.63, 3.8) is 0 Å². The molecule has 0 spiro atoms. The monoisotopic (exact) mass is 253 g/mol. The van der Waals surface area contributed by atoms with E-state index >= 15 is 0 Å². The van der Waals surface area contributed by atoms with E-state index in [1.165, 1.54) is 6.26 Å². The van der Waals surface area contributed by atoms with Crippen molar-refractivity contribution in [1.29, 1.82) is 0 Å². The average Bonchev–Trinajstić information content (AvgIpc) is 2.38. The number of nitrogens with one attached hydrogen (secondary N) is 1. The van der Waals surface area contributed by atoms with Crippen LogP contribution in [-0.4, -0.2) is 74.2 Å². The molecule has 100 valence electrons. The van der Waals surface area contributed by atoms with E-state index in [1.807, 2.05) is 4.90 Å². The summed E-state index contributed by atoms with van der Waals surface area (Å²) in [6, 6.07) is 0.663. The summed E-state index contributed by atoms with van der Waals surface area (Å²) in [6.07, 6.45) is 1.44. The highest BCUT2D eigenvalue weighted by molar-refractivity contribution is 5.91. The smallest absolute Gasteiger partial charge is 0.292 e. The van der Waals surface area contributed by atoms with Crippen molar-refractivity contribution in [2.75, 3.05) is 52.5 Å². The fraction of sp³-hybridized carbons (Fsp3) is 0.750. The summed E-state index contributed by atoms with van der Waals surface area (Å²) in [4.78, 5) is 16.4. The van der Waals surface area contributed by atoms with Gasteiger partial charge in [-0.05, 0) is 0 Å². The molecule has 0 radical (unpaired) electrons. The van der Waals surface area contributed by atoms with Crippen LogP contribution in [0.2, 0.25) is 0 Å². The Hall–Kier alpha value is -1.27. The summed E-state index contributed by atoms with van der Waals surface area (Å²) in [6.45, 7) is 6.60. The van der Waals surface area contributed by atoms with Gasteiger partial charge in [0.1, 0.15) is 19.5 Å². The number of ether oxygens (including phenoxy) is 2. The van der Waals surface area contributed by atoms with Crippen molar-refractivity contribution in [3.8, 4) is 0 Å². The van der Waals surface area contributed by atoms with E-state index in [0.717, 1.165) is 39.3 Å². The lowest BCUT2D eigenvalue weighted by Gasteiger charge is -2.43. The number of carbonyl (C=O) groups excluding carboxylic acids is 1. The molecule has 3 aliphatic rings. The second kappa shape index (κ2) is 5.16. The summed E-state index contributed by atoms with van der Waals surface area (Å²) in [5.74, 6) is 0.307. The fourth-order valence-electron chi connectivity index (χ4n) is 2.46. The van der Waals surface area contributed by atoms with Gasteiger partial charge in [-0.15, -0.1) is 0 Å². The number of hydrogen-bond donors (Lipinski definition) is 1. The maximum atomic E-state index is 12.1. The van der Waals surface area contributed by atoms with E-state index < -0.39 is 0 Å². The third kappa shape index (κ3) is 2.30. The highest BCUT2D eigenvalue weighted by atomic mass is 16.6. The number of piperazine rings is 1. The summed E-state index contributed by atoms with van der Waals surface area (Å²) < 4.78 is 10.4. The molecule has 0 aromatic carbocycles. The van der Waals surface area contributed by atoms with Gasteiger partial charge in [-0.1, -0.05) is 0 Å². The Morgan fingerprint density at radius 1 is 1.22 bits per heavy atom. The van der Waals surface area contributed by atoms with E-state index in [0.29, 0.717) is 25.0 Å². The topological polar surface area (TPSA) is 54.0 Å². The zero-order valence-corrected chi connectivity index (χ0v) is 10.4. The minimum Gasteiger partial charge on any atom is -0.494 e. The molecule has 0 bridgehead atoms. The number of amides is 1. The third-order valence-electron chi connectivity index (χ3n) is 3.74. The Morgan fingerprint density at radius 3 is 2.56 bits per heavy atom. The first-order valence-electron chi connectivity index (χ1n) is 6.53. The standard InChI is InChI=1S/C12H19N3O3/c16-12(11-9-17-5-6-18-11)15-3-1-14(2-4-15)10-7-13-8-10/h9-10,13H,1-8H2. The summed E-state index contributed by atoms with van der Waals surface area (Å²) in [7, 11) is 0. The van der Waals surface area contributed by atoms with Crippen LogP contribution in [-0.2, 0) is 14.3 Å². The Kier molecular flexibility index (Phi) is 3.38. The molecule has 0 atom stereocenters. The van der Waals surface area contributed by atoms with E-state index in [4.69, 9.17) is 9.47 Å². The van der Waals surface area contributed by atoms with Gasteiger partial charge < -0.3 is 19.7 Å². The highest BCUT2D eigenvalue weighted by Gasteiger charge is 2.30. The fourth-order valence-corrected chi connectivity index (χ4v) is 2.46. The summed E-state index contributed by atoms with van der Waals surface area (Å²) >= 11 is 0. The number of carbonyl (C=O) groups is 1. The van der Waals surface area contributed by atoms with Crippen LogP contribution in [0.3, 0.4) is 0 Å². The van der Waals surface area contributed by atoms with Gasteiger partial charge in [-0.3, -0.25) is 9.69 Å². The lowest BCUT2D eigenvalue weighted by Crippen LogP contribution is -2.62. The molecule has 6 nitrogen and oxygen atoms in total. The van der Waals surface area contributed by atoms with Gasteiger partial charge in [0.15, 0.2) is 0 Å². The van der Waals surface area contributed by atoms with Crippen LogP contribution in [0.4, 0.5) is 0 Å². The number of nitrogens with zero attached hydrogens (tertiary/aromatic N) is 2. The Bertz CT molecular complexity index is 346. The molecule has 0 unspecified atom stereocenters. The second-order valence-electron chi connectivity index (χ2n) is 4.84. The molecular weight excluding hydrogens is 234 g/mol. The van der Waals surface area contributed by atoms with Gasteiger partial charge in [0, 0.05) is 45.3 Å². The van der Waals surface area contributed by atoms with Crippen LogP contribution in [0.1, 0.15) is 0 Å². The first-order chi connectivity index (χ1) is 8.84. The van der Waals surface area contributed by atoms with Gasteiger partial charge in [0.2, 0.25) is 5.76 Å². The molecule has 18 heavy (non-hydrogen) atoms. The van der Waals surface area contributed by atoms with E-state index in [1.54, 1.807) is 0 Å². The largest absolute Gasteiger partial charge is 0.494 e. The normalized spacial score (nSPS) is 25.8. The Labute approximate surface area is 107 Å². The van der Waals surface area contributed by atoms with Gasteiger partial charge in [0.25, 0.3) is 5.91 Å². The maximum Gasteiger partial charge on any atom is 0.292 e. The minimum absolute atomic E-state index is 0.0407. The SMILES string of the molecule is O=C(C1=COCCO1)N1CCN(C2CNC2)CC1. The molecule has 3 aliphatic heterocycles. The van der Waals surface area contributed by atoms with Crippen molar-refractivity contribution >= 4 is 5.91 Å². The molecule has 1 N–H and O–H groups in total. The van der Waals surface area contributed by atoms with Gasteiger partial charge in [0.05, 0.1) is 0 Å². The molecule has 2 fully saturated rings. The van der Waals surface area contributed by atoms with E-state index in [2.05, 4.69) is 10.2 Å². The van der Waals surface area contributed by atoms with Crippen molar-refractivity contribution in [1.82, 2.24) is 15.1 Å². The van der Waals surface area contributed by atoms with E-state index in [-0.39, 0.29) is 5.91 Å². The predicted molar refractivity (Wildman–Crippen MR) is 64.8 cm³/mol. The molecule has 1 amide bonds. The Morgan fingerprint density at radius 2 is 2.00 bits per heavy atom. The quantitative estimate of drug-likeness (QED) is 0.683. The second-order valence-corrected chi connectivity index (χ2v) is 4.84. The van der Waals surface area contributed by atoms with Crippen LogP contribution in [0.5, 0.6) is 0 Å². The lowest BCUT2D eigenvalue weighted by atomic mass is 10.1. The van der Waals surface area contributed by atoms with Crippen LogP contribution in [0, 0.1) is 0 Å². The van der Waals surface area contributed by atoms with Crippen LogP contribution in [0.15, 0.2) is 12.0 Å². The predicted octanol–water partition coefficient (Wildman–Crippen LogP) is -1.01. The summed E-state index contributed by atoms with van der Waals surface area (Å²) in [5, 5.41) is 3.28. The molecule has 3 heterocycles. The van der Waals surface area contributed by atoms with Gasteiger partial charge in [-0.2, -0.15) is 0 Å². The first-order valence-corrected chi connectivity index (χ1v) is 6.53. The minimum atomic E-state index is -0.0407. The maximum absolute atomic E-state index is 12.1. The first kappa shape index (κ1) is 11.8. The molecule has 6 heteroatoms. The van der Waals surface area contributed by atoms with Crippen LogP contribution < -0.4 is 5.32 Å². The molecule has 0 aromatic heterocycles. The van der Waals surface area contributed by atoms with Crippen molar-refractivity contribution in [2.45, 2.75) is 6.04 Å². The lowest BCUT2D eigenvalue weighted by molar-refractivity contribution is -0.134. The number of rotatable bonds is 2. The molecule has 0 aromatic rings. The Balaban J connectivity index is 1.52. The van der Waals surface area contributed by atoms with Crippen LogP contribution >= 0.6 is 0 Å². The molecule has 0 aliphatic carbocycles. The third-order valence-corrected chi connectivity index (χ3v) is 3.74. The zero-order chi connectivity index (χ0) is 12.4. The molecule has 3 rings (SSSR count). The van der Waals surface area contributed by atoms with Crippen molar-refractivity contribution < 1.29 is 14.3 Å². The molecule has 0 saturated carbocycles. The van der Waals surface area contributed by atoms with Gasteiger partial charge >= 0.3 is 0 Å². The van der Waals surface area contributed by atoms with Crippen molar-refractivity contribution in [2.24, 2.45) is 0 Å². The number of hydrogen-bond acceptors (Lipinski definition) is 5. The van der Waals surface area contributed by atoms with Crippen LogP contribution in [0.25, 0.3) is 0 Å². The molecule has 2 saturated heterocycles. The van der Waals surface area contributed by atoms with Crippen molar-refractivity contribution in [3.05, 3.63) is 12.0 Å².